The summed E-state index contributed by atoms with van der Waals surface area (Å²) < 4.78 is 1.14. The lowest BCUT2D eigenvalue weighted by Gasteiger charge is -1.98. The lowest BCUT2D eigenvalue weighted by atomic mass is 10.1. The van der Waals surface area contributed by atoms with Gasteiger partial charge in [-0.1, -0.05) is 42.0 Å². The molecule has 1 amide bonds. The van der Waals surface area contributed by atoms with E-state index >= 15 is 0 Å². The van der Waals surface area contributed by atoms with Crippen LogP contribution >= 0.6 is 11.3 Å². The summed E-state index contributed by atoms with van der Waals surface area (Å²) in [7, 11) is 0. The van der Waals surface area contributed by atoms with E-state index in [1.807, 2.05) is 61.5 Å². The number of nitrogens with one attached hydrogen (secondary N) is 1. The first-order chi connectivity index (χ1) is 10.7. The molecule has 0 fully saturated rings. The van der Waals surface area contributed by atoms with E-state index < -0.39 is 0 Å². The second-order valence-electron chi connectivity index (χ2n) is 5.04. The van der Waals surface area contributed by atoms with Crippen LogP contribution in [-0.4, -0.2) is 10.9 Å². The summed E-state index contributed by atoms with van der Waals surface area (Å²) in [5, 5.41) is 3.78. The van der Waals surface area contributed by atoms with Crippen LogP contribution in [0.15, 0.2) is 54.6 Å². The third-order valence-electron chi connectivity index (χ3n) is 3.26. The smallest absolute Gasteiger partial charge is 0.244 e. The minimum atomic E-state index is -0.111. The predicted molar refractivity (Wildman–Crippen MR) is 91.7 cm³/mol. The Balaban J connectivity index is 1.58. The molecule has 0 aliphatic carbocycles. The Morgan fingerprint density at radius 3 is 2.73 bits per heavy atom. The Morgan fingerprint density at radius 1 is 1.18 bits per heavy atom. The van der Waals surface area contributed by atoms with Crippen LogP contribution in [0.3, 0.4) is 0 Å². The van der Waals surface area contributed by atoms with Crippen molar-refractivity contribution in [2.45, 2.75) is 13.5 Å². The number of nitrogens with zero attached hydrogens (tertiary/aromatic N) is 1. The molecule has 0 bridgehead atoms. The van der Waals surface area contributed by atoms with Gasteiger partial charge in [0.05, 0.1) is 16.8 Å². The van der Waals surface area contributed by atoms with Gasteiger partial charge >= 0.3 is 0 Å². The number of carbonyl (C=O) groups excluding carboxylic acids is 1. The number of aromatic nitrogens is 1. The second kappa shape index (κ2) is 6.54. The lowest BCUT2D eigenvalue weighted by molar-refractivity contribution is -0.116. The average Bonchev–Trinajstić information content (AvgIpc) is 2.95. The van der Waals surface area contributed by atoms with Gasteiger partial charge in [-0.15, -0.1) is 11.3 Å². The number of carbonyl (C=O) groups is 1. The van der Waals surface area contributed by atoms with Crippen LogP contribution in [0, 0.1) is 6.92 Å². The number of benzene rings is 2. The van der Waals surface area contributed by atoms with Crippen LogP contribution in [0.4, 0.5) is 0 Å². The Bertz CT molecular complexity index is 785. The monoisotopic (exact) mass is 308 g/mol. The molecule has 1 heterocycles. The summed E-state index contributed by atoms with van der Waals surface area (Å²) in [6, 6.07) is 16.0. The highest BCUT2D eigenvalue weighted by Crippen LogP contribution is 2.21. The summed E-state index contributed by atoms with van der Waals surface area (Å²) in [4.78, 5) is 16.3. The summed E-state index contributed by atoms with van der Waals surface area (Å²) >= 11 is 1.61. The first-order valence-corrected chi connectivity index (χ1v) is 7.89. The van der Waals surface area contributed by atoms with Gasteiger partial charge in [-0.2, -0.15) is 0 Å². The molecule has 1 aromatic heterocycles. The molecule has 4 heteroatoms. The van der Waals surface area contributed by atoms with E-state index in [4.69, 9.17) is 0 Å². The van der Waals surface area contributed by atoms with Gasteiger partial charge in [0.25, 0.3) is 0 Å². The maximum absolute atomic E-state index is 11.9. The maximum Gasteiger partial charge on any atom is 0.244 e. The molecule has 3 nitrogen and oxygen atoms in total. The molecule has 0 radical (unpaired) electrons. The Hall–Kier alpha value is -2.46. The van der Waals surface area contributed by atoms with Crippen LogP contribution in [0.2, 0.25) is 0 Å². The van der Waals surface area contributed by atoms with Crippen molar-refractivity contribution in [3.63, 3.8) is 0 Å². The van der Waals surface area contributed by atoms with E-state index in [0.29, 0.717) is 6.54 Å². The van der Waals surface area contributed by atoms with Gasteiger partial charge in [-0.25, -0.2) is 4.98 Å². The Morgan fingerprint density at radius 2 is 1.95 bits per heavy atom. The number of rotatable bonds is 4. The summed E-state index contributed by atoms with van der Waals surface area (Å²) in [5.74, 6) is -0.111. The fraction of sp³-hybridized carbons (Fsp3) is 0.111. The molecule has 0 saturated heterocycles. The zero-order valence-corrected chi connectivity index (χ0v) is 13.1. The van der Waals surface area contributed by atoms with Crippen molar-refractivity contribution in [1.29, 1.82) is 0 Å². The molecule has 22 heavy (non-hydrogen) atoms. The van der Waals surface area contributed by atoms with Gasteiger partial charge in [0.2, 0.25) is 5.91 Å². The summed E-state index contributed by atoms with van der Waals surface area (Å²) in [6.07, 6.45) is 3.37. The highest BCUT2D eigenvalue weighted by Gasteiger charge is 2.03. The van der Waals surface area contributed by atoms with Gasteiger partial charge in [0.15, 0.2) is 0 Å². The number of hydrogen-bond donors (Lipinski definition) is 1. The minimum absolute atomic E-state index is 0.111. The average molecular weight is 308 g/mol. The highest BCUT2D eigenvalue weighted by molar-refractivity contribution is 7.18. The van der Waals surface area contributed by atoms with Gasteiger partial charge in [-0.05, 0) is 30.7 Å². The van der Waals surface area contributed by atoms with Crippen LogP contribution in [0.1, 0.15) is 16.1 Å². The number of hydrogen-bond acceptors (Lipinski definition) is 3. The SMILES string of the molecule is Cc1ccc(/C=C/C(=O)NCc2nc3ccccc3s2)cc1. The van der Waals surface area contributed by atoms with Crippen molar-refractivity contribution < 1.29 is 4.79 Å². The van der Waals surface area contributed by atoms with Crippen molar-refractivity contribution in [3.05, 3.63) is 70.7 Å². The molecule has 0 aliphatic rings. The quantitative estimate of drug-likeness (QED) is 0.742. The van der Waals surface area contributed by atoms with Crippen LogP contribution in [-0.2, 0) is 11.3 Å². The van der Waals surface area contributed by atoms with Crippen LogP contribution in [0.5, 0.6) is 0 Å². The van der Waals surface area contributed by atoms with E-state index in [9.17, 15) is 4.79 Å². The molecule has 110 valence electrons. The molecule has 3 aromatic rings. The van der Waals surface area contributed by atoms with E-state index in [1.165, 1.54) is 5.56 Å². The van der Waals surface area contributed by atoms with Crippen molar-refractivity contribution in [1.82, 2.24) is 10.3 Å². The molecular weight excluding hydrogens is 292 g/mol. The topological polar surface area (TPSA) is 42.0 Å². The highest BCUT2D eigenvalue weighted by atomic mass is 32.1. The molecule has 0 spiro atoms. The third-order valence-corrected chi connectivity index (χ3v) is 4.29. The van der Waals surface area contributed by atoms with Gasteiger partial charge in [0, 0.05) is 6.08 Å². The van der Waals surface area contributed by atoms with E-state index in [0.717, 1.165) is 20.8 Å². The Labute approximate surface area is 133 Å². The molecular formula is C18H16N2OS. The fourth-order valence-electron chi connectivity index (χ4n) is 2.07. The molecule has 2 aromatic carbocycles. The number of aryl methyl sites for hydroxylation is 1. The van der Waals surface area contributed by atoms with E-state index in [-0.39, 0.29) is 5.91 Å². The standard InChI is InChI=1S/C18H16N2OS/c1-13-6-8-14(9-7-13)10-11-17(21)19-12-18-20-15-4-2-3-5-16(15)22-18/h2-11H,12H2,1H3,(H,19,21)/b11-10+. The molecule has 0 aliphatic heterocycles. The predicted octanol–water partition coefficient (Wildman–Crippen LogP) is 3.93. The summed E-state index contributed by atoms with van der Waals surface area (Å²) in [5.41, 5.74) is 3.20. The van der Waals surface area contributed by atoms with Crippen LogP contribution in [0.25, 0.3) is 16.3 Å². The Kier molecular flexibility index (Phi) is 4.30. The fourth-order valence-corrected chi connectivity index (χ4v) is 2.97. The van der Waals surface area contributed by atoms with Gasteiger partial charge < -0.3 is 5.32 Å². The number of fused-ring (bicyclic) bond motifs is 1. The normalized spacial score (nSPS) is 11.1. The second-order valence-corrected chi connectivity index (χ2v) is 6.15. The zero-order valence-electron chi connectivity index (χ0n) is 12.2. The minimum Gasteiger partial charge on any atom is -0.346 e. The van der Waals surface area contributed by atoms with Crippen LogP contribution < -0.4 is 5.32 Å². The number of thiazole rings is 1. The zero-order chi connectivity index (χ0) is 15.4. The molecule has 0 unspecified atom stereocenters. The van der Waals surface area contributed by atoms with Gasteiger partial charge in [-0.3, -0.25) is 4.79 Å². The third kappa shape index (κ3) is 3.59. The van der Waals surface area contributed by atoms with Crippen molar-refractivity contribution in [2.75, 3.05) is 0 Å². The number of para-hydroxylation sites is 1. The largest absolute Gasteiger partial charge is 0.346 e. The van der Waals surface area contributed by atoms with E-state index in [1.54, 1.807) is 17.4 Å². The van der Waals surface area contributed by atoms with Crippen molar-refractivity contribution >= 4 is 33.5 Å². The van der Waals surface area contributed by atoms with Gasteiger partial charge in [0.1, 0.15) is 5.01 Å². The molecule has 0 atom stereocenters. The van der Waals surface area contributed by atoms with Crippen molar-refractivity contribution in [3.8, 4) is 0 Å². The molecule has 0 saturated carbocycles. The number of amides is 1. The first-order valence-electron chi connectivity index (χ1n) is 7.08. The molecule has 3 rings (SSSR count). The lowest BCUT2D eigenvalue weighted by Crippen LogP contribution is -2.19. The van der Waals surface area contributed by atoms with Crippen molar-refractivity contribution in [2.24, 2.45) is 0 Å². The summed E-state index contributed by atoms with van der Waals surface area (Å²) in [6.45, 7) is 2.49. The maximum atomic E-state index is 11.9. The van der Waals surface area contributed by atoms with E-state index in [2.05, 4.69) is 10.3 Å². The first kappa shape index (κ1) is 14.5. The molecule has 1 N–H and O–H groups in total.